The lowest BCUT2D eigenvalue weighted by molar-refractivity contribution is 0.616. The van der Waals surface area contributed by atoms with Gasteiger partial charge in [0.2, 0.25) is 0 Å². The summed E-state index contributed by atoms with van der Waals surface area (Å²) in [5, 5.41) is 8.60. The van der Waals surface area contributed by atoms with Crippen LogP contribution in [-0.4, -0.2) is 9.97 Å². The van der Waals surface area contributed by atoms with Crippen molar-refractivity contribution in [3.8, 4) is 16.6 Å². The van der Waals surface area contributed by atoms with Crippen LogP contribution in [-0.2, 0) is 0 Å². The van der Waals surface area contributed by atoms with Gasteiger partial charge < -0.3 is 4.98 Å². The summed E-state index contributed by atoms with van der Waals surface area (Å²) in [6.45, 7) is 0. The first-order chi connectivity index (χ1) is 7.20. The van der Waals surface area contributed by atoms with Crippen LogP contribution in [0.15, 0.2) is 23.1 Å². The van der Waals surface area contributed by atoms with Gasteiger partial charge >= 0.3 is 5.69 Å². The van der Waals surface area contributed by atoms with Gasteiger partial charge in [0.25, 0.3) is 0 Å². The van der Waals surface area contributed by atoms with Crippen molar-refractivity contribution in [2.45, 2.75) is 0 Å². The Morgan fingerprint density at radius 3 is 3.00 bits per heavy atom. The number of rotatable bonds is 1. The summed E-state index contributed by atoms with van der Waals surface area (Å²) < 4.78 is 13.3. The van der Waals surface area contributed by atoms with Crippen LogP contribution in [0.1, 0.15) is 4.88 Å². The molecule has 0 radical (unpaired) electrons. The topological polar surface area (TPSA) is 69.5 Å². The van der Waals surface area contributed by atoms with E-state index in [1.165, 1.54) is 0 Å². The molecule has 0 atom stereocenters. The van der Waals surface area contributed by atoms with Crippen LogP contribution in [0.2, 0.25) is 0 Å². The van der Waals surface area contributed by atoms with Gasteiger partial charge in [-0.25, -0.2) is 9.18 Å². The third kappa shape index (κ3) is 1.78. The van der Waals surface area contributed by atoms with Gasteiger partial charge in [-0.2, -0.15) is 10.2 Å². The second-order valence-electron chi connectivity index (χ2n) is 2.69. The second kappa shape index (κ2) is 3.63. The Kier molecular flexibility index (Phi) is 2.31. The molecule has 0 aliphatic rings. The number of nitrogens with zero attached hydrogens (tertiary/aromatic N) is 2. The van der Waals surface area contributed by atoms with E-state index >= 15 is 0 Å². The van der Waals surface area contributed by atoms with E-state index in [1.807, 2.05) is 6.07 Å². The largest absolute Gasteiger partial charge is 0.345 e. The number of aromatic nitrogens is 2. The average Bonchev–Trinajstić information content (AvgIpc) is 2.70. The Labute approximate surface area is 87.7 Å². The first kappa shape index (κ1) is 9.55. The van der Waals surface area contributed by atoms with Crippen molar-refractivity contribution in [2.75, 3.05) is 0 Å². The Bertz CT molecular complexity index is 596. The smallest absolute Gasteiger partial charge is 0.302 e. The van der Waals surface area contributed by atoms with Crippen LogP contribution < -0.4 is 5.69 Å². The van der Waals surface area contributed by atoms with E-state index < -0.39 is 11.5 Å². The number of aromatic amines is 1. The van der Waals surface area contributed by atoms with Gasteiger partial charge in [0.05, 0.1) is 16.8 Å². The summed E-state index contributed by atoms with van der Waals surface area (Å²) in [4.78, 5) is 17.4. The summed E-state index contributed by atoms with van der Waals surface area (Å²) in [5.74, 6) is -0.610. The summed E-state index contributed by atoms with van der Waals surface area (Å²) in [5.41, 5.74) is -0.542. The van der Waals surface area contributed by atoms with Gasteiger partial charge in [-0.05, 0) is 12.1 Å². The summed E-state index contributed by atoms with van der Waals surface area (Å²) in [6.07, 6.45) is 0.861. The van der Waals surface area contributed by atoms with Gasteiger partial charge in [0.15, 0.2) is 5.82 Å². The standard InChI is InChI=1S/C9H4FN3OS/c10-6-4-12-9(14)13-8(6)7-2-1-5(3-11)15-7/h1-2,4H,(H,12,13,14). The molecule has 1 N–H and O–H groups in total. The van der Waals surface area contributed by atoms with Gasteiger partial charge in [0.1, 0.15) is 10.9 Å². The van der Waals surface area contributed by atoms with Crippen LogP contribution in [0.25, 0.3) is 10.6 Å². The Balaban J connectivity index is 2.59. The molecule has 2 rings (SSSR count). The van der Waals surface area contributed by atoms with E-state index in [4.69, 9.17) is 5.26 Å². The quantitative estimate of drug-likeness (QED) is 0.793. The molecule has 2 aromatic rings. The molecule has 0 amide bonds. The van der Waals surface area contributed by atoms with E-state index in [0.717, 1.165) is 17.5 Å². The molecule has 0 bridgehead atoms. The van der Waals surface area contributed by atoms with Crippen molar-refractivity contribution < 1.29 is 4.39 Å². The minimum Gasteiger partial charge on any atom is -0.302 e. The molecule has 2 aromatic heterocycles. The summed E-state index contributed by atoms with van der Waals surface area (Å²) >= 11 is 1.11. The summed E-state index contributed by atoms with van der Waals surface area (Å²) in [7, 11) is 0. The fourth-order valence-electron chi connectivity index (χ4n) is 1.09. The molecule has 0 aliphatic carbocycles. The van der Waals surface area contributed by atoms with Crippen LogP contribution in [0, 0.1) is 17.1 Å². The Hall–Kier alpha value is -2.00. The zero-order valence-corrected chi connectivity index (χ0v) is 8.14. The van der Waals surface area contributed by atoms with Crippen LogP contribution >= 0.6 is 11.3 Å². The molecule has 0 aromatic carbocycles. The maximum Gasteiger partial charge on any atom is 0.345 e. The number of nitrogens with one attached hydrogen (secondary N) is 1. The van der Waals surface area contributed by atoms with E-state index in [9.17, 15) is 9.18 Å². The average molecular weight is 221 g/mol. The Morgan fingerprint density at radius 1 is 1.53 bits per heavy atom. The lowest BCUT2D eigenvalue weighted by atomic mass is 10.3. The lowest BCUT2D eigenvalue weighted by Crippen LogP contribution is -2.11. The maximum absolute atomic E-state index is 13.3. The highest BCUT2D eigenvalue weighted by Gasteiger charge is 2.09. The molecule has 0 fully saturated rings. The molecule has 0 spiro atoms. The third-order valence-corrected chi connectivity index (χ3v) is 2.74. The first-order valence-electron chi connectivity index (χ1n) is 3.96. The Morgan fingerprint density at radius 2 is 2.33 bits per heavy atom. The number of H-pyrrole nitrogens is 1. The molecule has 0 unspecified atom stereocenters. The fraction of sp³-hybridized carbons (Fsp3) is 0. The summed E-state index contributed by atoms with van der Waals surface area (Å²) in [6, 6.07) is 5.09. The second-order valence-corrected chi connectivity index (χ2v) is 3.77. The normalized spacial score (nSPS) is 9.87. The van der Waals surface area contributed by atoms with Gasteiger partial charge in [-0.1, -0.05) is 0 Å². The lowest BCUT2D eigenvalue weighted by Gasteiger charge is -1.96. The number of hydrogen-bond acceptors (Lipinski definition) is 4. The maximum atomic E-state index is 13.3. The van der Waals surface area contributed by atoms with Gasteiger partial charge in [-0.15, -0.1) is 11.3 Å². The first-order valence-corrected chi connectivity index (χ1v) is 4.77. The highest BCUT2D eigenvalue weighted by Crippen LogP contribution is 2.26. The van der Waals surface area contributed by atoms with Crippen molar-refractivity contribution in [3.05, 3.63) is 39.5 Å². The zero-order chi connectivity index (χ0) is 10.8. The fourth-order valence-corrected chi connectivity index (χ4v) is 1.90. The van der Waals surface area contributed by atoms with E-state index in [-0.39, 0.29) is 5.69 Å². The van der Waals surface area contributed by atoms with Gasteiger partial charge in [-0.3, -0.25) is 0 Å². The molecule has 2 heterocycles. The van der Waals surface area contributed by atoms with Crippen molar-refractivity contribution in [1.29, 1.82) is 5.26 Å². The molecule has 0 saturated carbocycles. The minimum atomic E-state index is -0.613. The molecule has 74 valence electrons. The molecule has 15 heavy (non-hydrogen) atoms. The number of hydrogen-bond donors (Lipinski definition) is 1. The van der Waals surface area contributed by atoms with Crippen molar-refractivity contribution >= 4 is 11.3 Å². The van der Waals surface area contributed by atoms with Crippen molar-refractivity contribution in [3.63, 3.8) is 0 Å². The zero-order valence-electron chi connectivity index (χ0n) is 7.32. The SMILES string of the molecule is N#Cc1ccc(-c2[nH]c(=O)ncc2F)s1. The predicted octanol–water partition coefficient (Wildman–Crippen LogP) is 1.51. The highest BCUT2D eigenvalue weighted by atomic mass is 32.1. The van der Waals surface area contributed by atoms with Crippen LogP contribution in [0.4, 0.5) is 4.39 Å². The van der Waals surface area contributed by atoms with Crippen LogP contribution in [0.5, 0.6) is 0 Å². The molecule has 0 aliphatic heterocycles. The van der Waals surface area contributed by atoms with Gasteiger partial charge in [0, 0.05) is 0 Å². The number of halogens is 1. The number of thiophene rings is 1. The minimum absolute atomic E-state index is 0.0708. The molecule has 6 heteroatoms. The van der Waals surface area contributed by atoms with Crippen molar-refractivity contribution in [2.24, 2.45) is 0 Å². The number of nitriles is 1. The molecular formula is C9H4FN3OS. The van der Waals surface area contributed by atoms with E-state index in [0.29, 0.717) is 9.75 Å². The third-order valence-electron chi connectivity index (χ3n) is 1.73. The predicted molar refractivity (Wildman–Crippen MR) is 52.8 cm³/mol. The molecule has 0 saturated heterocycles. The molecule has 4 nitrogen and oxygen atoms in total. The van der Waals surface area contributed by atoms with E-state index in [1.54, 1.807) is 12.1 Å². The van der Waals surface area contributed by atoms with Crippen molar-refractivity contribution in [1.82, 2.24) is 9.97 Å². The highest BCUT2D eigenvalue weighted by molar-refractivity contribution is 7.15. The van der Waals surface area contributed by atoms with Crippen LogP contribution in [0.3, 0.4) is 0 Å². The van der Waals surface area contributed by atoms with E-state index in [2.05, 4.69) is 9.97 Å². The molecular weight excluding hydrogens is 217 g/mol. The monoisotopic (exact) mass is 221 g/mol.